The summed E-state index contributed by atoms with van der Waals surface area (Å²) in [4.78, 5) is 2.81. The van der Waals surface area contributed by atoms with E-state index in [1.807, 2.05) is 23.1 Å². The maximum absolute atomic E-state index is 3.47. The largest absolute Gasteiger partial charge is 0.316 e. The van der Waals surface area contributed by atoms with Crippen molar-refractivity contribution in [3.8, 4) is 0 Å². The number of aryl methyl sites for hydroxylation is 1. The number of thiophene rings is 1. The van der Waals surface area contributed by atoms with Crippen molar-refractivity contribution >= 4 is 39.0 Å². The van der Waals surface area contributed by atoms with Gasteiger partial charge in [-0.3, -0.25) is 0 Å². The lowest BCUT2D eigenvalue weighted by atomic mass is 10.1. The van der Waals surface area contributed by atoms with Crippen LogP contribution >= 0.6 is 39.0 Å². The highest BCUT2D eigenvalue weighted by molar-refractivity contribution is 9.10. The van der Waals surface area contributed by atoms with Crippen molar-refractivity contribution in [1.29, 1.82) is 0 Å². The van der Waals surface area contributed by atoms with Crippen molar-refractivity contribution < 1.29 is 0 Å². The van der Waals surface area contributed by atoms with Gasteiger partial charge in [0.25, 0.3) is 0 Å². The van der Waals surface area contributed by atoms with Gasteiger partial charge in [-0.25, -0.2) is 0 Å². The Morgan fingerprint density at radius 1 is 1.26 bits per heavy atom. The van der Waals surface area contributed by atoms with Crippen LogP contribution in [-0.2, 0) is 6.42 Å². The Kier molecular flexibility index (Phi) is 6.44. The zero-order valence-electron chi connectivity index (χ0n) is 10.9. The van der Waals surface area contributed by atoms with E-state index in [0.717, 1.165) is 10.2 Å². The molecule has 1 atom stereocenters. The Morgan fingerprint density at radius 2 is 2.05 bits per heavy atom. The highest BCUT2D eigenvalue weighted by Gasteiger charge is 2.07. The fourth-order valence-electron chi connectivity index (χ4n) is 1.81. The van der Waals surface area contributed by atoms with Gasteiger partial charge in [-0.1, -0.05) is 22.0 Å². The fourth-order valence-corrected chi connectivity index (χ4v) is 3.85. The highest BCUT2D eigenvalue weighted by Crippen LogP contribution is 2.22. The molecule has 1 N–H and O–H groups in total. The molecule has 0 aliphatic carbocycles. The third-order valence-electron chi connectivity index (χ3n) is 2.99. The van der Waals surface area contributed by atoms with E-state index in [2.05, 4.69) is 70.1 Å². The van der Waals surface area contributed by atoms with E-state index in [1.54, 1.807) is 0 Å². The van der Waals surface area contributed by atoms with Gasteiger partial charge in [0.15, 0.2) is 0 Å². The van der Waals surface area contributed by atoms with Crippen molar-refractivity contribution in [3.63, 3.8) is 0 Å². The van der Waals surface area contributed by atoms with Crippen LogP contribution in [0.1, 0.15) is 11.3 Å². The van der Waals surface area contributed by atoms with Gasteiger partial charge in [0.1, 0.15) is 0 Å². The summed E-state index contributed by atoms with van der Waals surface area (Å²) in [6.07, 6.45) is 2.37. The van der Waals surface area contributed by atoms with E-state index in [4.69, 9.17) is 0 Å². The van der Waals surface area contributed by atoms with Crippen molar-refractivity contribution in [2.24, 2.45) is 0 Å². The highest BCUT2D eigenvalue weighted by atomic mass is 79.9. The minimum atomic E-state index is 0.566. The molecule has 102 valence electrons. The van der Waals surface area contributed by atoms with Gasteiger partial charge in [-0.05, 0) is 55.6 Å². The normalized spacial score (nSPS) is 12.5. The van der Waals surface area contributed by atoms with Crippen LogP contribution in [0.25, 0.3) is 0 Å². The Hall–Kier alpha value is -0.290. The second-order valence-corrected chi connectivity index (χ2v) is 7.41. The van der Waals surface area contributed by atoms with Crippen molar-refractivity contribution in [2.75, 3.05) is 12.8 Å². The molecule has 0 bridgehead atoms. The summed E-state index contributed by atoms with van der Waals surface area (Å²) in [6, 6.07) is 13.5. The summed E-state index contributed by atoms with van der Waals surface area (Å²) < 4.78 is 1.14. The predicted octanol–water partition coefficient (Wildman–Crippen LogP) is 4.82. The summed E-state index contributed by atoms with van der Waals surface area (Å²) in [5.41, 5.74) is 0. The monoisotopic (exact) mass is 355 g/mol. The topological polar surface area (TPSA) is 12.0 Å². The minimum Gasteiger partial charge on any atom is -0.316 e. The Bertz CT molecular complexity index is 467. The smallest absolute Gasteiger partial charge is 0.0176 e. The fraction of sp³-hybridized carbons (Fsp3) is 0.333. The van der Waals surface area contributed by atoms with E-state index in [1.165, 1.54) is 22.6 Å². The van der Waals surface area contributed by atoms with E-state index in [9.17, 15) is 0 Å². The van der Waals surface area contributed by atoms with Gasteiger partial charge >= 0.3 is 0 Å². The SMILES string of the molecule is CNC(CCc1cccs1)CSc1ccc(Br)cc1. The number of benzene rings is 1. The molecule has 1 aromatic carbocycles. The molecule has 0 spiro atoms. The number of nitrogens with one attached hydrogen (secondary N) is 1. The maximum Gasteiger partial charge on any atom is 0.0176 e. The van der Waals surface area contributed by atoms with Gasteiger partial charge in [0, 0.05) is 26.0 Å². The maximum atomic E-state index is 3.47. The molecule has 0 aliphatic rings. The summed E-state index contributed by atoms with van der Waals surface area (Å²) >= 11 is 7.24. The molecule has 0 amide bonds. The molecule has 2 aromatic rings. The summed E-state index contributed by atoms with van der Waals surface area (Å²) in [5.74, 6) is 1.11. The predicted molar refractivity (Wildman–Crippen MR) is 90.4 cm³/mol. The number of halogens is 1. The molecular weight excluding hydrogens is 338 g/mol. The molecule has 4 heteroatoms. The van der Waals surface area contributed by atoms with Crippen LogP contribution in [-0.4, -0.2) is 18.8 Å². The molecule has 0 saturated heterocycles. The molecule has 0 fully saturated rings. The number of thioether (sulfide) groups is 1. The second-order valence-electron chi connectivity index (χ2n) is 4.37. The minimum absolute atomic E-state index is 0.566. The van der Waals surface area contributed by atoms with Crippen LogP contribution < -0.4 is 5.32 Å². The van der Waals surface area contributed by atoms with E-state index >= 15 is 0 Å². The molecule has 0 radical (unpaired) electrons. The number of hydrogen-bond acceptors (Lipinski definition) is 3. The van der Waals surface area contributed by atoms with E-state index in [-0.39, 0.29) is 0 Å². The van der Waals surface area contributed by atoms with Crippen LogP contribution in [0.3, 0.4) is 0 Å². The molecule has 1 heterocycles. The Balaban J connectivity index is 1.77. The lowest BCUT2D eigenvalue weighted by Gasteiger charge is -2.15. The molecule has 19 heavy (non-hydrogen) atoms. The third-order valence-corrected chi connectivity index (χ3v) is 5.63. The summed E-state index contributed by atoms with van der Waals surface area (Å²) in [6.45, 7) is 0. The Labute approximate surface area is 131 Å². The van der Waals surface area contributed by atoms with Crippen LogP contribution in [0, 0.1) is 0 Å². The standard InChI is InChI=1S/C15H18BrNS2/c1-17-13(6-9-14-3-2-10-18-14)11-19-15-7-4-12(16)5-8-15/h2-5,7-8,10,13,17H,6,9,11H2,1H3. The molecule has 0 saturated carbocycles. The van der Waals surface area contributed by atoms with Crippen molar-refractivity contribution in [2.45, 2.75) is 23.8 Å². The first kappa shape index (κ1) is 15.1. The first-order valence-electron chi connectivity index (χ1n) is 6.36. The van der Waals surface area contributed by atoms with Gasteiger partial charge in [-0.15, -0.1) is 23.1 Å². The van der Waals surface area contributed by atoms with Gasteiger partial charge in [0.05, 0.1) is 0 Å². The van der Waals surface area contributed by atoms with Gasteiger partial charge in [-0.2, -0.15) is 0 Å². The average molecular weight is 356 g/mol. The quantitative estimate of drug-likeness (QED) is 0.714. The summed E-state index contributed by atoms with van der Waals surface area (Å²) in [7, 11) is 2.06. The first-order chi connectivity index (χ1) is 9.28. The molecule has 1 aromatic heterocycles. The third kappa shape index (κ3) is 5.30. The van der Waals surface area contributed by atoms with Crippen molar-refractivity contribution in [1.82, 2.24) is 5.32 Å². The van der Waals surface area contributed by atoms with Gasteiger partial charge < -0.3 is 5.32 Å². The van der Waals surface area contributed by atoms with Crippen LogP contribution in [0.5, 0.6) is 0 Å². The molecular formula is C15H18BrNS2. The lowest BCUT2D eigenvalue weighted by molar-refractivity contribution is 0.575. The van der Waals surface area contributed by atoms with E-state index in [0.29, 0.717) is 6.04 Å². The zero-order chi connectivity index (χ0) is 13.5. The summed E-state index contributed by atoms with van der Waals surface area (Å²) in [5, 5.41) is 5.57. The first-order valence-corrected chi connectivity index (χ1v) is 9.02. The second kappa shape index (κ2) is 8.10. The van der Waals surface area contributed by atoms with Crippen molar-refractivity contribution in [3.05, 3.63) is 51.1 Å². The van der Waals surface area contributed by atoms with E-state index < -0.39 is 0 Å². The molecule has 2 rings (SSSR count). The Morgan fingerprint density at radius 3 is 2.68 bits per heavy atom. The van der Waals surface area contributed by atoms with Crippen LogP contribution in [0.15, 0.2) is 51.1 Å². The zero-order valence-corrected chi connectivity index (χ0v) is 14.2. The molecule has 1 unspecified atom stereocenters. The average Bonchev–Trinajstić information content (AvgIpc) is 2.94. The number of rotatable bonds is 7. The van der Waals surface area contributed by atoms with Gasteiger partial charge in [0.2, 0.25) is 0 Å². The number of hydrogen-bond donors (Lipinski definition) is 1. The van der Waals surface area contributed by atoms with Crippen LogP contribution in [0.4, 0.5) is 0 Å². The lowest BCUT2D eigenvalue weighted by Crippen LogP contribution is -2.28. The van der Waals surface area contributed by atoms with Crippen LogP contribution in [0.2, 0.25) is 0 Å². The molecule has 0 aliphatic heterocycles. The molecule has 1 nitrogen and oxygen atoms in total.